The van der Waals surface area contributed by atoms with Gasteiger partial charge in [-0.3, -0.25) is 14.5 Å². The van der Waals surface area contributed by atoms with Gasteiger partial charge in [-0.05, 0) is 37.3 Å². The van der Waals surface area contributed by atoms with E-state index >= 15 is 0 Å². The van der Waals surface area contributed by atoms with Crippen LogP contribution in [0.5, 0.6) is 0 Å². The van der Waals surface area contributed by atoms with Gasteiger partial charge in [0.05, 0.1) is 0 Å². The number of fused-ring (bicyclic) bond motifs is 1. The van der Waals surface area contributed by atoms with Gasteiger partial charge in [0.15, 0.2) is 0 Å². The Labute approximate surface area is 150 Å². The molecule has 0 bridgehead atoms. The summed E-state index contributed by atoms with van der Waals surface area (Å²) in [5, 5.41) is 0. The van der Waals surface area contributed by atoms with Gasteiger partial charge in [0.2, 0.25) is 11.8 Å². The summed E-state index contributed by atoms with van der Waals surface area (Å²) in [5.41, 5.74) is 6.54. The molecule has 2 amide bonds. The van der Waals surface area contributed by atoms with Gasteiger partial charge in [-0.1, -0.05) is 36.8 Å². The lowest BCUT2D eigenvalue weighted by atomic mass is 9.98. The third-order valence-corrected chi connectivity index (χ3v) is 5.61. The molecular weight excluding hydrogens is 314 g/mol. The third kappa shape index (κ3) is 4.82. The molecule has 0 unspecified atom stereocenters. The number of nitrogens with zero attached hydrogens (tertiary/aromatic N) is 2. The predicted octanol–water partition coefficient (Wildman–Crippen LogP) is 1.81. The normalized spacial score (nSPS) is 23.9. The van der Waals surface area contributed by atoms with Crippen molar-refractivity contribution in [2.45, 2.75) is 44.6 Å². The highest BCUT2D eigenvalue weighted by Crippen LogP contribution is 2.30. The molecule has 2 aliphatic heterocycles. The highest BCUT2D eigenvalue weighted by molar-refractivity contribution is 5.77. The van der Waals surface area contributed by atoms with Gasteiger partial charge in [0.25, 0.3) is 0 Å². The van der Waals surface area contributed by atoms with Crippen LogP contribution < -0.4 is 5.73 Å². The Morgan fingerprint density at radius 1 is 1.08 bits per heavy atom. The van der Waals surface area contributed by atoms with Crippen LogP contribution in [0.15, 0.2) is 30.3 Å². The number of hydrogen-bond donors (Lipinski definition) is 1. The maximum absolute atomic E-state index is 12.7. The lowest BCUT2D eigenvalue weighted by Gasteiger charge is -2.29. The van der Waals surface area contributed by atoms with Gasteiger partial charge in [0.1, 0.15) is 0 Å². The number of carbonyl (C=O) groups excluding carboxylic acids is 2. The van der Waals surface area contributed by atoms with Crippen LogP contribution in [0.2, 0.25) is 0 Å². The molecule has 3 rings (SSSR count). The lowest BCUT2D eigenvalue weighted by molar-refractivity contribution is -0.130. The van der Waals surface area contributed by atoms with E-state index in [1.54, 1.807) is 0 Å². The number of amides is 2. The number of carbonyl (C=O) groups is 2. The van der Waals surface area contributed by atoms with Crippen LogP contribution in [-0.4, -0.2) is 53.8 Å². The molecule has 2 fully saturated rings. The molecular formula is C20H29N3O2. The lowest BCUT2D eigenvalue weighted by Crippen LogP contribution is -2.42. The number of aryl methyl sites for hydroxylation is 1. The Morgan fingerprint density at radius 2 is 1.88 bits per heavy atom. The number of nitrogens with two attached hydrogens (primary N) is 1. The maximum atomic E-state index is 12.7. The predicted molar refractivity (Wildman–Crippen MR) is 97.9 cm³/mol. The minimum atomic E-state index is -0.241. The molecule has 2 heterocycles. The van der Waals surface area contributed by atoms with E-state index < -0.39 is 0 Å². The van der Waals surface area contributed by atoms with Gasteiger partial charge in [0, 0.05) is 38.5 Å². The van der Waals surface area contributed by atoms with Gasteiger partial charge in [-0.25, -0.2) is 0 Å². The minimum Gasteiger partial charge on any atom is -0.370 e. The van der Waals surface area contributed by atoms with Crippen molar-refractivity contribution in [1.82, 2.24) is 9.80 Å². The molecule has 25 heavy (non-hydrogen) atoms. The Bertz CT molecular complexity index is 590. The molecule has 136 valence electrons. The summed E-state index contributed by atoms with van der Waals surface area (Å²) < 4.78 is 0. The molecule has 2 saturated heterocycles. The maximum Gasteiger partial charge on any atom is 0.222 e. The molecule has 1 aromatic carbocycles. The molecule has 2 aliphatic rings. The molecule has 1 aromatic rings. The van der Waals surface area contributed by atoms with Crippen LogP contribution in [0.4, 0.5) is 0 Å². The molecule has 5 nitrogen and oxygen atoms in total. The largest absolute Gasteiger partial charge is 0.370 e. The standard InChI is InChI=1S/C20H29N3O2/c21-19(24)11-13-22-12-5-4-8-17-14-23(15-18(17)22)20(25)10-9-16-6-2-1-3-7-16/h1-3,6-7,17-18H,4-5,8-15H2,(H2,21,24)/t17-,18+/m0/s1. The summed E-state index contributed by atoms with van der Waals surface area (Å²) in [6.07, 6.45) is 5.35. The molecule has 0 radical (unpaired) electrons. The fraction of sp³-hybridized carbons (Fsp3) is 0.600. The topological polar surface area (TPSA) is 66.6 Å². The molecule has 5 heteroatoms. The fourth-order valence-electron chi connectivity index (χ4n) is 4.23. The summed E-state index contributed by atoms with van der Waals surface area (Å²) in [4.78, 5) is 28.2. The first-order chi connectivity index (χ1) is 12.1. The van der Waals surface area contributed by atoms with Crippen molar-refractivity contribution >= 4 is 11.8 Å². The van der Waals surface area contributed by atoms with Crippen molar-refractivity contribution in [2.24, 2.45) is 11.7 Å². The van der Waals surface area contributed by atoms with Gasteiger partial charge in [-0.2, -0.15) is 0 Å². The number of likely N-dealkylation sites (tertiary alicyclic amines) is 2. The van der Waals surface area contributed by atoms with Crippen molar-refractivity contribution in [3.8, 4) is 0 Å². The van der Waals surface area contributed by atoms with E-state index in [0.29, 0.717) is 24.8 Å². The van der Waals surface area contributed by atoms with Crippen molar-refractivity contribution in [3.05, 3.63) is 35.9 Å². The zero-order chi connectivity index (χ0) is 17.6. The Balaban J connectivity index is 1.56. The molecule has 0 aliphatic carbocycles. The van der Waals surface area contributed by atoms with E-state index in [1.807, 2.05) is 23.1 Å². The van der Waals surface area contributed by atoms with Crippen LogP contribution in [0.1, 0.15) is 37.7 Å². The van der Waals surface area contributed by atoms with Crippen LogP contribution in [-0.2, 0) is 16.0 Å². The van der Waals surface area contributed by atoms with Gasteiger partial charge in [-0.15, -0.1) is 0 Å². The zero-order valence-electron chi connectivity index (χ0n) is 14.9. The molecule has 0 spiro atoms. The number of benzene rings is 1. The van der Waals surface area contributed by atoms with E-state index in [4.69, 9.17) is 5.73 Å². The molecule has 2 atom stereocenters. The first kappa shape index (κ1) is 17.9. The Kier molecular flexibility index (Phi) is 6.08. The zero-order valence-corrected chi connectivity index (χ0v) is 14.9. The first-order valence-electron chi connectivity index (χ1n) is 9.47. The molecule has 0 saturated carbocycles. The van der Waals surface area contributed by atoms with Crippen LogP contribution >= 0.6 is 0 Å². The van der Waals surface area contributed by atoms with Crippen LogP contribution in [0.25, 0.3) is 0 Å². The Morgan fingerprint density at radius 3 is 2.64 bits per heavy atom. The summed E-state index contributed by atoms with van der Waals surface area (Å²) in [6.45, 7) is 3.41. The van der Waals surface area contributed by atoms with Crippen molar-refractivity contribution < 1.29 is 9.59 Å². The summed E-state index contributed by atoms with van der Waals surface area (Å²) >= 11 is 0. The molecule has 0 aromatic heterocycles. The van der Waals surface area contributed by atoms with E-state index in [-0.39, 0.29) is 11.8 Å². The average Bonchev–Trinajstić information content (AvgIpc) is 2.95. The SMILES string of the molecule is NC(=O)CCN1CCCC[C@H]2CN(C(=O)CCc3ccccc3)C[C@H]21. The minimum absolute atomic E-state index is 0.241. The number of rotatable bonds is 6. The monoisotopic (exact) mass is 343 g/mol. The Hall–Kier alpha value is -1.88. The van der Waals surface area contributed by atoms with E-state index in [2.05, 4.69) is 17.0 Å². The second-order valence-corrected chi connectivity index (χ2v) is 7.36. The fourth-order valence-corrected chi connectivity index (χ4v) is 4.23. The molecule has 2 N–H and O–H groups in total. The summed E-state index contributed by atoms with van der Waals surface area (Å²) in [6, 6.07) is 10.6. The third-order valence-electron chi connectivity index (χ3n) is 5.61. The summed E-state index contributed by atoms with van der Waals surface area (Å²) in [5.74, 6) is 0.553. The van der Waals surface area contributed by atoms with Crippen LogP contribution in [0, 0.1) is 5.92 Å². The smallest absolute Gasteiger partial charge is 0.222 e. The summed E-state index contributed by atoms with van der Waals surface area (Å²) in [7, 11) is 0. The van der Waals surface area contributed by atoms with E-state index in [0.717, 1.165) is 32.6 Å². The van der Waals surface area contributed by atoms with Crippen LogP contribution in [0.3, 0.4) is 0 Å². The first-order valence-corrected chi connectivity index (χ1v) is 9.47. The second kappa shape index (κ2) is 8.48. The van der Waals surface area contributed by atoms with E-state index in [9.17, 15) is 9.59 Å². The van der Waals surface area contributed by atoms with Crippen molar-refractivity contribution in [3.63, 3.8) is 0 Å². The second-order valence-electron chi connectivity index (χ2n) is 7.36. The van der Waals surface area contributed by atoms with Gasteiger partial charge >= 0.3 is 0 Å². The highest BCUT2D eigenvalue weighted by atomic mass is 16.2. The quantitative estimate of drug-likeness (QED) is 0.856. The number of hydrogen-bond acceptors (Lipinski definition) is 3. The number of primary amides is 1. The average molecular weight is 343 g/mol. The highest BCUT2D eigenvalue weighted by Gasteiger charge is 2.39. The van der Waals surface area contributed by atoms with Crippen molar-refractivity contribution in [1.29, 1.82) is 0 Å². The van der Waals surface area contributed by atoms with Gasteiger partial charge < -0.3 is 10.6 Å². The van der Waals surface area contributed by atoms with E-state index in [1.165, 1.54) is 24.8 Å². The van der Waals surface area contributed by atoms with Crippen molar-refractivity contribution in [2.75, 3.05) is 26.2 Å².